The van der Waals surface area contributed by atoms with Crippen molar-refractivity contribution in [2.75, 3.05) is 20.3 Å². The SMILES string of the molecule is COc1ncccc1CNC1CCCOCC1. The third kappa shape index (κ3) is 3.68. The average molecular weight is 236 g/mol. The molecule has 1 aliphatic rings. The summed E-state index contributed by atoms with van der Waals surface area (Å²) in [4.78, 5) is 4.19. The van der Waals surface area contributed by atoms with Crippen LogP contribution in [-0.4, -0.2) is 31.3 Å². The maximum absolute atomic E-state index is 5.44. The molecule has 1 saturated heterocycles. The number of hydrogen-bond acceptors (Lipinski definition) is 4. The van der Waals surface area contributed by atoms with Crippen LogP contribution in [0, 0.1) is 0 Å². The number of nitrogens with one attached hydrogen (secondary N) is 1. The third-order valence-corrected chi connectivity index (χ3v) is 3.08. The number of methoxy groups -OCH3 is 1. The molecule has 4 nitrogen and oxygen atoms in total. The predicted octanol–water partition coefficient (Wildman–Crippen LogP) is 1.75. The minimum Gasteiger partial charge on any atom is -0.481 e. The zero-order chi connectivity index (χ0) is 11.9. The zero-order valence-electron chi connectivity index (χ0n) is 10.3. The highest BCUT2D eigenvalue weighted by molar-refractivity contribution is 5.25. The first-order valence-electron chi connectivity index (χ1n) is 6.19. The fourth-order valence-electron chi connectivity index (χ4n) is 2.10. The molecule has 0 saturated carbocycles. The predicted molar refractivity (Wildman–Crippen MR) is 66.1 cm³/mol. The van der Waals surface area contributed by atoms with E-state index in [2.05, 4.69) is 10.3 Å². The Kier molecular flexibility index (Phi) is 4.76. The Balaban J connectivity index is 1.87. The van der Waals surface area contributed by atoms with Gasteiger partial charge in [-0.25, -0.2) is 4.98 Å². The molecule has 0 spiro atoms. The van der Waals surface area contributed by atoms with Gasteiger partial charge < -0.3 is 14.8 Å². The van der Waals surface area contributed by atoms with Gasteiger partial charge in [0.25, 0.3) is 0 Å². The van der Waals surface area contributed by atoms with Crippen LogP contribution in [0.25, 0.3) is 0 Å². The summed E-state index contributed by atoms with van der Waals surface area (Å²) in [5, 5.41) is 3.55. The van der Waals surface area contributed by atoms with E-state index in [1.54, 1.807) is 13.3 Å². The first kappa shape index (κ1) is 12.3. The molecule has 0 amide bonds. The van der Waals surface area contributed by atoms with Crippen molar-refractivity contribution in [3.63, 3.8) is 0 Å². The van der Waals surface area contributed by atoms with Crippen molar-refractivity contribution in [1.82, 2.24) is 10.3 Å². The molecule has 94 valence electrons. The molecule has 0 aliphatic carbocycles. The van der Waals surface area contributed by atoms with E-state index in [0.29, 0.717) is 11.9 Å². The Morgan fingerprint density at radius 2 is 2.41 bits per heavy atom. The van der Waals surface area contributed by atoms with Crippen LogP contribution >= 0.6 is 0 Å². The Bertz CT molecular complexity index is 336. The molecule has 1 aliphatic heterocycles. The summed E-state index contributed by atoms with van der Waals surface area (Å²) in [5.74, 6) is 0.713. The number of ether oxygens (including phenoxy) is 2. The molecule has 17 heavy (non-hydrogen) atoms. The minimum absolute atomic E-state index is 0.544. The normalized spacial score (nSPS) is 20.9. The van der Waals surface area contributed by atoms with Crippen molar-refractivity contribution in [1.29, 1.82) is 0 Å². The maximum atomic E-state index is 5.44. The molecule has 0 radical (unpaired) electrons. The fraction of sp³-hybridized carbons (Fsp3) is 0.615. The minimum atomic E-state index is 0.544. The van der Waals surface area contributed by atoms with Crippen LogP contribution in [0.5, 0.6) is 5.88 Å². The standard InChI is InChI=1S/C13H20N2O2/c1-16-13-11(4-2-7-14-13)10-15-12-5-3-8-17-9-6-12/h2,4,7,12,15H,3,5-6,8-10H2,1H3. The number of nitrogens with zero attached hydrogens (tertiary/aromatic N) is 1. The van der Waals surface area contributed by atoms with Crippen LogP contribution in [0.3, 0.4) is 0 Å². The smallest absolute Gasteiger partial charge is 0.217 e. The summed E-state index contributed by atoms with van der Waals surface area (Å²) < 4.78 is 10.7. The van der Waals surface area contributed by atoms with Gasteiger partial charge in [0.2, 0.25) is 5.88 Å². The number of aromatic nitrogens is 1. The molecule has 2 heterocycles. The quantitative estimate of drug-likeness (QED) is 0.865. The van der Waals surface area contributed by atoms with E-state index >= 15 is 0 Å². The van der Waals surface area contributed by atoms with Crippen molar-refractivity contribution < 1.29 is 9.47 Å². The van der Waals surface area contributed by atoms with Crippen molar-refractivity contribution in [2.24, 2.45) is 0 Å². The number of hydrogen-bond donors (Lipinski definition) is 1. The van der Waals surface area contributed by atoms with E-state index in [0.717, 1.165) is 38.2 Å². The lowest BCUT2D eigenvalue weighted by Gasteiger charge is -2.16. The molecule has 1 unspecified atom stereocenters. The van der Waals surface area contributed by atoms with E-state index in [1.807, 2.05) is 12.1 Å². The highest BCUT2D eigenvalue weighted by Gasteiger charge is 2.12. The summed E-state index contributed by atoms with van der Waals surface area (Å²) in [6.45, 7) is 2.57. The van der Waals surface area contributed by atoms with Gasteiger partial charge in [0.1, 0.15) is 0 Å². The van der Waals surface area contributed by atoms with E-state index in [-0.39, 0.29) is 0 Å². The summed E-state index contributed by atoms with van der Waals surface area (Å²) in [5.41, 5.74) is 1.11. The average Bonchev–Trinajstić information content (AvgIpc) is 2.65. The largest absolute Gasteiger partial charge is 0.481 e. The van der Waals surface area contributed by atoms with Gasteiger partial charge in [-0.05, 0) is 25.3 Å². The van der Waals surface area contributed by atoms with Crippen LogP contribution in [-0.2, 0) is 11.3 Å². The molecule has 0 bridgehead atoms. The van der Waals surface area contributed by atoms with Gasteiger partial charge in [0.15, 0.2) is 0 Å². The lowest BCUT2D eigenvalue weighted by Crippen LogP contribution is -2.28. The highest BCUT2D eigenvalue weighted by atomic mass is 16.5. The van der Waals surface area contributed by atoms with Crippen LogP contribution in [0.15, 0.2) is 18.3 Å². The molecule has 1 aromatic heterocycles. The van der Waals surface area contributed by atoms with Crippen molar-refractivity contribution in [3.8, 4) is 5.88 Å². The van der Waals surface area contributed by atoms with Gasteiger partial charge in [-0.3, -0.25) is 0 Å². The van der Waals surface area contributed by atoms with Crippen molar-refractivity contribution >= 4 is 0 Å². The molecule has 1 aromatic rings. The molecular formula is C13H20N2O2. The lowest BCUT2D eigenvalue weighted by atomic mass is 10.1. The molecule has 1 atom stereocenters. The highest BCUT2D eigenvalue weighted by Crippen LogP contribution is 2.15. The second-order valence-corrected chi connectivity index (χ2v) is 4.29. The van der Waals surface area contributed by atoms with Gasteiger partial charge in [-0.15, -0.1) is 0 Å². The first-order valence-corrected chi connectivity index (χ1v) is 6.19. The molecular weight excluding hydrogens is 216 g/mol. The third-order valence-electron chi connectivity index (χ3n) is 3.08. The molecule has 0 aromatic carbocycles. The summed E-state index contributed by atoms with van der Waals surface area (Å²) in [6, 6.07) is 4.53. The summed E-state index contributed by atoms with van der Waals surface area (Å²) in [6.07, 6.45) is 5.16. The van der Waals surface area contributed by atoms with Crippen LogP contribution in [0.1, 0.15) is 24.8 Å². The van der Waals surface area contributed by atoms with E-state index in [1.165, 1.54) is 6.42 Å². The topological polar surface area (TPSA) is 43.4 Å². The molecule has 1 N–H and O–H groups in total. The second kappa shape index (κ2) is 6.57. The van der Waals surface area contributed by atoms with Crippen LogP contribution < -0.4 is 10.1 Å². The van der Waals surface area contributed by atoms with Crippen molar-refractivity contribution in [3.05, 3.63) is 23.9 Å². The second-order valence-electron chi connectivity index (χ2n) is 4.29. The zero-order valence-corrected chi connectivity index (χ0v) is 10.3. The van der Waals surface area contributed by atoms with Gasteiger partial charge in [-0.2, -0.15) is 0 Å². The Morgan fingerprint density at radius 1 is 1.47 bits per heavy atom. The van der Waals surface area contributed by atoms with Gasteiger partial charge in [0.05, 0.1) is 7.11 Å². The Morgan fingerprint density at radius 3 is 3.29 bits per heavy atom. The fourth-order valence-corrected chi connectivity index (χ4v) is 2.10. The Hall–Kier alpha value is -1.13. The summed E-state index contributed by atoms with van der Waals surface area (Å²) >= 11 is 0. The molecule has 4 heteroatoms. The van der Waals surface area contributed by atoms with Crippen LogP contribution in [0.4, 0.5) is 0 Å². The summed E-state index contributed by atoms with van der Waals surface area (Å²) in [7, 11) is 1.66. The number of pyridine rings is 1. The van der Waals surface area contributed by atoms with E-state index < -0.39 is 0 Å². The van der Waals surface area contributed by atoms with Gasteiger partial charge in [0, 0.05) is 37.6 Å². The monoisotopic (exact) mass is 236 g/mol. The maximum Gasteiger partial charge on any atom is 0.217 e. The van der Waals surface area contributed by atoms with Crippen LogP contribution in [0.2, 0.25) is 0 Å². The van der Waals surface area contributed by atoms with E-state index in [4.69, 9.17) is 9.47 Å². The first-order chi connectivity index (χ1) is 8.40. The van der Waals surface area contributed by atoms with E-state index in [9.17, 15) is 0 Å². The van der Waals surface area contributed by atoms with Crippen molar-refractivity contribution in [2.45, 2.75) is 31.8 Å². The Labute approximate surface area is 102 Å². The number of rotatable bonds is 4. The molecule has 2 rings (SSSR count). The van der Waals surface area contributed by atoms with Gasteiger partial charge in [-0.1, -0.05) is 6.07 Å². The van der Waals surface area contributed by atoms with Gasteiger partial charge >= 0.3 is 0 Å². The lowest BCUT2D eigenvalue weighted by molar-refractivity contribution is 0.142. The molecule has 1 fully saturated rings.